The molecular formula is C14H21N3O3S. The molecule has 1 aromatic rings. The summed E-state index contributed by atoms with van der Waals surface area (Å²) in [6.45, 7) is 3.27. The zero-order valence-corrected chi connectivity index (χ0v) is 12.9. The third-order valence-corrected chi connectivity index (χ3v) is 4.57. The highest BCUT2D eigenvalue weighted by atomic mass is 32.2. The molecule has 1 heterocycles. The van der Waals surface area contributed by atoms with E-state index in [1.807, 2.05) is 0 Å². The van der Waals surface area contributed by atoms with Gasteiger partial charge in [0.05, 0.1) is 4.90 Å². The molecule has 0 bridgehead atoms. The Morgan fingerprint density at radius 3 is 2.33 bits per heavy atom. The number of hydrogen-bond donors (Lipinski definition) is 2. The number of sulfonamides is 1. The summed E-state index contributed by atoms with van der Waals surface area (Å²) in [7, 11) is -3.72. The Hall–Kier alpha value is -1.60. The highest BCUT2D eigenvalue weighted by Gasteiger charge is 2.17. The minimum atomic E-state index is -3.72. The van der Waals surface area contributed by atoms with Gasteiger partial charge in [0.25, 0.3) is 0 Å². The van der Waals surface area contributed by atoms with Gasteiger partial charge in [-0.05, 0) is 43.5 Å². The molecular weight excluding hydrogens is 290 g/mol. The Labute approximate surface area is 125 Å². The van der Waals surface area contributed by atoms with Gasteiger partial charge < -0.3 is 10.2 Å². The molecule has 21 heavy (non-hydrogen) atoms. The van der Waals surface area contributed by atoms with Crippen LogP contribution in [0.3, 0.4) is 0 Å². The van der Waals surface area contributed by atoms with Crippen molar-refractivity contribution < 1.29 is 13.2 Å². The van der Waals surface area contributed by atoms with Crippen LogP contribution in [0.1, 0.15) is 31.2 Å². The number of anilines is 1. The predicted molar refractivity (Wildman–Crippen MR) is 81.6 cm³/mol. The number of carbonyl (C=O) groups is 1. The summed E-state index contributed by atoms with van der Waals surface area (Å²) in [6.07, 6.45) is 4.37. The van der Waals surface area contributed by atoms with E-state index in [0.29, 0.717) is 11.3 Å². The van der Waals surface area contributed by atoms with Crippen LogP contribution < -0.4 is 10.5 Å². The third-order valence-electron chi connectivity index (χ3n) is 3.66. The number of nitrogens with one attached hydrogen (secondary N) is 1. The van der Waals surface area contributed by atoms with E-state index < -0.39 is 10.0 Å². The fraction of sp³-hybridized carbons (Fsp3) is 0.500. The molecule has 2 amide bonds. The number of primary sulfonamides is 1. The molecule has 0 saturated carbocycles. The van der Waals surface area contributed by atoms with Crippen molar-refractivity contribution in [3.8, 4) is 0 Å². The van der Waals surface area contributed by atoms with Crippen molar-refractivity contribution in [2.75, 3.05) is 18.4 Å². The van der Waals surface area contributed by atoms with Gasteiger partial charge in [-0.3, -0.25) is 0 Å². The summed E-state index contributed by atoms with van der Waals surface area (Å²) >= 11 is 0. The van der Waals surface area contributed by atoms with Gasteiger partial charge in [0.15, 0.2) is 0 Å². The Balaban J connectivity index is 2.10. The number of aryl methyl sites for hydroxylation is 1. The van der Waals surface area contributed by atoms with Crippen LogP contribution in [0.5, 0.6) is 0 Å². The number of benzene rings is 1. The molecule has 1 saturated heterocycles. The maximum absolute atomic E-state index is 12.2. The molecule has 7 heteroatoms. The second kappa shape index (κ2) is 6.44. The van der Waals surface area contributed by atoms with E-state index in [0.717, 1.165) is 38.8 Å². The SMILES string of the molecule is Cc1cc(S(N)(=O)=O)ccc1NC(=O)N1CCCCCC1. The summed E-state index contributed by atoms with van der Waals surface area (Å²) in [4.78, 5) is 14.1. The minimum absolute atomic E-state index is 0.0489. The predicted octanol–water partition coefficient (Wildman–Crippen LogP) is 2.05. The molecule has 0 atom stereocenters. The molecule has 0 radical (unpaired) electrons. The fourth-order valence-electron chi connectivity index (χ4n) is 2.42. The lowest BCUT2D eigenvalue weighted by molar-refractivity contribution is 0.213. The second-order valence-electron chi connectivity index (χ2n) is 5.35. The molecule has 1 fully saturated rings. The zero-order chi connectivity index (χ0) is 15.5. The van der Waals surface area contributed by atoms with Crippen LogP contribution in [0.25, 0.3) is 0 Å². The number of likely N-dealkylation sites (tertiary alicyclic amines) is 1. The summed E-state index contributed by atoms with van der Waals surface area (Å²) in [5.74, 6) is 0. The van der Waals surface area contributed by atoms with Gasteiger partial charge in [-0.2, -0.15) is 0 Å². The average molecular weight is 311 g/mol. The lowest BCUT2D eigenvalue weighted by atomic mass is 10.2. The Morgan fingerprint density at radius 2 is 1.81 bits per heavy atom. The van der Waals surface area contributed by atoms with Crippen molar-refractivity contribution in [2.24, 2.45) is 5.14 Å². The van der Waals surface area contributed by atoms with Gasteiger partial charge in [-0.15, -0.1) is 0 Å². The summed E-state index contributed by atoms with van der Waals surface area (Å²) in [6, 6.07) is 4.31. The van der Waals surface area contributed by atoms with E-state index >= 15 is 0 Å². The number of rotatable bonds is 2. The summed E-state index contributed by atoms with van der Waals surface area (Å²) in [5, 5.41) is 7.93. The number of carbonyl (C=O) groups excluding carboxylic acids is 1. The monoisotopic (exact) mass is 311 g/mol. The van der Waals surface area contributed by atoms with Crippen LogP contribution in [-0.2, 0) is 10.0 Å². The molecule has 0 spiro atoms. The van der Waals surface area contributed by atoms with Crippen molar-refractivity contribution in [1.29, 1.82) is 0 Å². The van der Waals surface area contributed by atoms with Crippen molar-refractivity contribution in [3.63, 3.8) is 0 Å². The maximum Gasteiger partial charge on any atom is 0.321 e. The molecule has 116 valence electrons. The number of nitrogens with zero attached hydrogens (tertiary/aromatic N) is 1. The van der Waals surface area contributed by atoms with Crippen LogP contribution in [0.2, 0.25) is 0 Å². The fourth-order valence-corrected chi connectivity index (χ4v) is 3.02. The zero-order valence-electron chi connectivity index (χ0n) is 12.1. The van der Waals surface area contributed by atoms with Gasteiger partial charge in [-0.1, -0.05) is 12.8 Å². The van der Waals surface area contributed by atoms with E-state index in [1.54, 1.807) is 17.9 Å². The third kappa shape index (κ3) is 4.18. The molecule has 1 aliphatic rings. The molecule has 1 aromatic carbocycles. The summed E-state index contributed by atoms with van der Waals surface area (Å²) in [5.41, 5.74) is 1.28. The van der Waals surface area contributed by atoms with Crippen LogP contribution in [0, 0.1) is 6.92 Å². The van der Waals surface area contributed by atoms with Crippen molar-refractivity contribution >= 4 is 21.7 Å². The first-order valence-electron chi connectivity index (χ1n) is 7.07. The van der Waals surface area contributed by atoms with Crippen molar-refractivity contribution in [2.45, 2.75) is 37.5 Å². The highest BCUT2D eigenvalue weighted by molar-refractivity contribution is 7.89. The van der Waals surface area contributed by atoms with E-state index in [-0.39, 0.29) is 10.9 Å². The van der Waals surface area contributed by atoms with Crippen LogP contribution in [0.15, 0.2) is 23.1 Å². The van der Waals surface area contributed by atoms with Crippen LogP contribution in [-0.4, -0.2) is 32.4 Å². The van der Waals surface area contributed by atoms with Crippen LogP contribution in [0.4, 0.5) is 10.5 Å². The van der Waals surface area contributed by atoms with Gasteiger partial charge >= 0.3 is 6.03 Å². The minimum Gasteiger partial charge on any atom is -0.325 e. The first kappa shape index (κ1) is 15.8. The standard InChI is InChI=1S/C14H21N3O3S/c1-11-10-12(21(15,19)20)6-7-13(11)16-14(18)17-8-4-2-3-5-9-17/h6-7,10H,2-5,8-9H2,1H3,(H,16,18)(H2,15,19,20). The number of hydrogen-bond acceptors (Lipinski definition) is 3. The molecule has 2 rings (SSSR count). The topological polar surface area (TPSA) is 92.5 Å². The largest absolute Gasteiger partial charge is 0.325 e. The summed E-state index contributed by atoms with van der Waals surface area (Å²) < 4.78 is 22.6. The average Bonchev–Trinajstić information content (AvgIpc) is 2.68. The van der Waals surface area contributed by atoms with Gasteiger partial charge in [0.1, 0.15) is 0 Å². The van der Waals surface area contributed by atoms with E-state index in [1.165, 1.54) is 12.1 Å². The lowest BCUT2D eigenvalue weighted by Crippen LogP contribution is -2.35. The van der Waals surface area contributed by atoms with Gasteiger partial charge in [-0.25, -0.2) is 18.4 Å². The highest BCUT2D eigenvalue weighted by Crippen LogP contribution is 2.20. The van der Waals surface area contributed by atoms with Crippen LogP contribution >= 0.6 is 0 Å². The van der Waals surface area contributed by atoms with E-state index in [4.69, 9.17) is 5.14 Å². The van der Waals surface area contributed by atoms with Gasteiger partial charge in [0, 0.05) is 18.8 Å². The van der Waals surface area contributed by atoms with Crippen molar-refractivity contribution in [1.82, 2.24) is 4.90 Å². The molecule has 0 aliphatic carbocycles. The smallest absolute Gasteiger partial charge is 0.321 e. The number of amides is 2. The maximum atomic E-state index is 12.2. The van der Waals surface area contributed by atoms with Gasteiger partial charge in [0.2, 0.25) is 10.0 Å². The second-order valence-corrected chi connectivity index (χ2v) is 6.91. The molecule has 6 nitrogen and oxygen atoms in total. The lowest BCUT2D eigenvalue weighted by Gasteiger charge is -2.21. The van der Waals surface area contributed by atoms with E-state index in [2.05, 4.69) is 5.32 Å². The Bertz CT molecular complexity index is 620. The van der Waals surface area contributed by atoms with Crippen molar-refractivity contribution in [3.05, 3.63) is 23.8 Å². The first-order chi connectivity index (χ1) is 9.88. The molecule has 1 aliphatic heterocycles. The Morgan fingerprint density at radius 1 is 1.19 bits per heavy atom. The number of nitrogens with two attached hydrogens (primary N) is 1. The molecule has 3 N–H and O–H groups in total. The quantitative estimate of drug-likeness (QED) is 0.875. The van der Waals surface area contributed by atoms with E-state index in [9.17, 15) is 13.2 Å². The number of urea groups is 1. The molecule has 0 unspecified atom stereocenters. The first-order valence-corrected chi connectivity index (χ1v) is 8.62. The molecule has 0 aromatic heterocycles. The normalized spacial score (nSPS) is 16.4. The Kier molecular flexibility index (Phi) is 4.84.